The predicted octanol–water partition coefficient (Wildman–Crippen LogP) is 1.65. The molecule has 0 spiro atoms. The topological polar surface area (TPSA) is 55.4 Å². The van der Waals surface area contributed by atoms with Gasteiger partial charge in [0.25, 0.3) is 0 Å². The molecule has 0 aliphatic carbocycles. The van der Waals surface area contributed by atoms with Gasteiger partial charge in [0.1, 0.15) is 0 Å². The monoisotopic (exact) mass is 295 g/mol. The second kappa shape index (κ2) is 7.55. The highest BCUT2D eigenvalue weighted by atomic mass is 32.2. The Morgan fingerprint density at radius 1 is 1.45 bits per heavy atom. The lowest BCUT2D eigenvalue weighted by Gasteiger charge is -2.25. The lowest BCUT2D eigenvalue weighted by Crippen LogP contribution is -2.39. The highest BCUT2D eigenvalue weighted by Gasteiger charge is 2.25. The second-order valence-electron chi connectivity index (χ2n) is 5.13. The quantitative estimate of drug-likeness (QED) is 0.898. The normalized spacial score (nSPS) is 21.9. The SMILES string of the molecule is C[S@](=O)C[C@@H](NC(=O)[C@H]1CCCOC1)c1ccccc1. The Balaban J connectivity index is 2.03. The average molecular weight is 295 g/mol. The van der Waals surface area contributed by atoms with Crippen molar-refractivity contribution in [1.82, 2.24) is 5.32 Å². The maximum absolute atomic E-state index is 12.3. The van der Waals surface area contributed by atoms with Gasteiger partial charge in [-0.1, -0.05) is 30.3 Å². The molecule has 3 atom stereocenters. The largest absolute Gasteiger partial charge is 0.381 e. The van der Waals surface area contributed by atoms with Crippen molar-refractivity contribution in [3.8, 4) is 0 Å². The number of ether oxygens (including phenoxy) is 1. The number of benzene rings is 1. The van der Waals surface area contributed by atoms with E-state index in [1.54, 1.807) is 6.26 Å². The fraction of sp³-hybridized carbons (Fsp3) is 0.533. The predicted molar refractivity (Wildman–Crippen MR) is 79.8 cm³/mol. The Bertz CT molecular complexity index is 457. The molecule has 0 saturated carbocycles. The summed E-state index contributed by atoms with van der Waals surface area (Å²) in [5, 5.41) is 3.02. The molecule has 1 fully saturated rings. The van der Waals surface area contributed by atoms with Crippen molar-refractivity contribution in [3.05, 3.63) is 35.9 Å². The van der Waals surface area contributed by atoms with E-state index in [-0.39, 0.29) is 17.9 Å². The summed E-state index contributed by atoms with van der Waals surface area (Å²) in [5.41, 5.74) is 0.993. The Morgan fingerprint density at radius 2 is 2.20 bits per heavy atom. The van der Waals surface area contributed by atoms with E-state index in [4.69, 9.17) is 4.74 Å². The zero-order valence-corrected chi connectivity index (χ0v) is 12.5. The number of carbonyl (C=O) groups is 1. The molecule has 4 nitrogen and oxygen atoms in total. The molecule has 0 radical (unpaired) electrons. The summed E-state index contributed by atoms with van der Waals surface area (Å²) in [7, 11) is -0.963. The fourth-order valence-electron chi connectivity index (χ4n) is 2.38. The molecule has 0 aromatic heterocycles. The van der Waals surface area contributed by atoms with E-state index in [9.17, 15) is 9.00 Å². The molecule has 0 unspecified atom stereocenters. The van der Waals surface area contributed by atoms with Gasteiger partial charge in [0, 0.05) is 29.4 Å². The first-order chi connectivity index (χ1) is 9.66. The minimum absolute atomic E-state index is 0.00371. The number of amides is 1. The number of hydrogen-bond donors (Lipinski definition) is 1. The van der Waals surface area contributed by atoms with Crippen LogP contribution in [0.3, 0.4) is 0 Å². The van der Waals surface area contributed by atoms with Gasteiger partial charge in [-0.25, -0.2) is 0 Å². The molecule has 2 rings (SSSR count). The first kappa shape index (κ1) is 15.2. The van der Waals surface area contributed by atoms with Gasteiger partial charge in [0.05, 0.1) is 18.6 Å². The average Bonchev–Trinajstić information content (AvgIpc) is 2.48. The van der Waals surface area contributed by atoms with Crippen molar-refractivity contribution in [2.24, 2.45) is 5.92 Å². The number of nitrogens with one attached hydrogen (secondary N) is 1. The van der Waals surface area contributed by atoms with Crippen LogP contribution < -0.4 is 5.32 Å². The van der Waals surface area contributed by atoms with Crippen LogP contribution in [0.1, 0.15) is 24.4 Å². The summed E-state index contributed by atoms with van der Waals surface area (Å²) in [6.07, 6.45) is 3.45. The molecular weight excluding hydrogens is 274 g/mol. The maximum Gasteiger partial charge on any atom is 0.225 e. The van der Waals surface area contributed by atoms with Crippen molar-refractivity contribution < 1.29 is 13.7 Å². The summed E-state index contributed by atoms with van der Waals surface area (Å²) in [4.78, 5) is 12.3. The van der Waals surface area contributed by atoms with E-state index < -0.39 is 10.8 Å². The van der Waals surface area contributed by atoms with Crippen LogP contribution in [-0.4, -0.2) is 35.3 Å². The van der Waals surface area contributed by atoms with Crippen LogP contribution >= 0.6 is 0 Å². The molecule has 110 valence electrons. The molecule has 1 amide bonds. The fourth-order valence-corrected chi connectivity index (χ4v) is 3.12. The zero-order valence-electron chi connectivity index (χ0n) is 11.7. The molecule has 1 saturated heterocycles. The van der Waals surface area contributed by atoms with Crippen LogP contribution in [0.4, 0.5) is 0 Å². The standard InChI is InChI=1S/C15H21NO3S/c1-20(18)11-14(12-6-3-2-4-7-12)16-15(17)13-8-5-9-19-10-13/h2-4,6-7,13-14H,5,8-11H2,1H3,(H,16,17)/t13-,14+,20-/m0/s1. The molecule has 1 aromatic rings. The van der Waals surface area contributed by atoms with Gasteiger partial charge < -0.3 is 10.1 Å². The van der Waals surface area contributed by atoms with E-state index in [1.807, 2.05) is 30.3 Å². The lowest BCUT2D eigenvalue weighted by atomic mass is 10.00. The van der Waals surface area contributed by atoms with E-state index in [2.05, 4.69) is 5.32 Å². The molecule has 1 N–H and O–H groups in total. The van der Waals surface area contributed by atoms with Gasteiger partial charge in [-0.05, 0) is 18.4 Å². The summed E-state index contributed by atoms with van der Waals surface area (Å²) in [6.45, 7) is 1.23. The number of carbonyl (C=O) groups excluding carboxylic acids is 1. The summed E-state index contributed by atoms with van der Waals surface area (Å²) < 4.78 is 16.9. The van der Waals surface area contributed by atoms with Gasteiger partial charge in [-0.15, -0.1) is 0 Å². The molecular formula is C15H21NO3S. The summed E-state index contributed by atoms with van der Waals surface area (Å²) >= 11 is 0. The number of rotatable bonds is 5. The first-order valence-electron chi connectivity index (χ1n) is 6.90. The van der Waals surface area contributed by atoms with Gasteiger partial charge in [0.2, 0.25) is 5.91 Å². The van der Waals surface area contributed by atoms with Crippen molar-refractivity contribution >= 4 is 16.7 Å². The molecule has 1 aromatic carbocycles. The van der Waals surface area contributed by atoms with E-state index in [0.717, 1.165) is 25.0 Å². The van der Waals surface area contributed by atoms with Crippen molar-refractivity contribution in [1.29, 1.82) is 0 Å². The molecule has 5 heteroatoms. The third-order valence-electron chi connectivity index (χ3n) is 3.45. The Hall–Kier alpha value is -1.20. The van der Waals surface area contributed by atoms with Gasteiger partial charge >= 0.3 is 0 Å². The minimum Gasteiger partial charge on any atom is -0.381 e. The van der Waals surface area contributed by atoms with Crippen molar-refractivity contribution in [2.45, 2.75) is 18.9 Å². The third kappa shape index (κ3) is 4.42. The van der Waals surface area contributed by atoms with Gasteiger partial charge in [-0.3, -0.25) is 9.00 Å². The van der Waals surface area contributed by atoms with Gasteiger partial charge in [-0.2, -0.15) is 0 Å². The molecule has 20 heavy (non-hydrogen) atoms. The highest BCUT2D eigenvalue weighted by Crippen LogP contribution is 2.18. The second-order valence-corrected chi connectivity index (χ2v) is 6.61. The molecule has 1 heterocycles. The molecule has 0 bridgehead atoms. The zero-order chi connectivity index (χ0) is 14.4. The summed E-state index contributed by atoms with van der Waals surface area (Å²) in [6, 6.07) is 9.49. The van der Waals surface area contributed by atoms with Crippen LogP contribution in [-0.2, 0) is 20.3 Å². The van der Waals surface area contributed by atoms with Gasteiger partial charge in [0.15, 0.2) is 0 Å². The Kier molecular flexibility index (Phi) is 5.73. The van der Waals surface area contributed by atoms with Crippen LogP contribution in [0.25, 0.3) is 0 Å². The van der Waals surface area contributed by atoms with E-state index in [1.165, 1.54) is 0 Å². The van der Waals surface area contributed by atoms with Crippen LogP contribution in [0.2, 0.25) is 0 Å². The van der Waals surface area contributed by atoms with Crippen molar-refractivity contribution in [3.63, 3.8) is 0 Å². The van der Waals surface area contributed by atoms with Crippen LogP contribution in [0.15, 0.2) is 30.3 Å². The first-order valence-corrected chi connectivity index (χ1v) is 8.62. The minimum atomic E-state index is -0.963. The Labute approximate surface area is 122 Å². The maximum atomic E-state index is 12.3. The van der Waals surface area contributed by atoms with Crippen LogP contribution in [0, 0.1) is 5.92 Å². The highest BCUT2D eigenvalue weighted by molar-refractivity contribution is 7.84. The third-order valence-corrected chi connectivity index (χ3v) is 4.25. The van der Waals surface area contributed by atoms with Crippen molar-refractivity contribution in [2.75, 3.05) is 25.2 Å². The number of hydrogen-bond acceptors (Lipinski definition) is 3. The van der Waals surface area contributed by atoms with E-state index >= 15 is 0 Å². The van der Waals surface area contributed by atoms with Crippen LogP contribution in [0.5, 0.6) is 0 Å². The van der Waals surface area contributed by atoms with E-state index in [0.29, 0.717) is 12.4 Å². The molecule has 1 aliphatic heterocycles. The lowest BCUT2D eigenvalue weighted by molar-refractivity contribution is -0.129. The summed E-state index contributed by atoms with van der Waals surface area (Å²) in [5.74, 6) is 0.354. The molecule has 1 aliphatic rings. The Morgan fingerprint density at radius 3 is 2.80 bits per heavy atom. The smallest absolute Gasteiger partial charge is 0.225 e.